The van der Waals surface area contributed by atoms with E-state index in [1.54, 1.807) is 13.8 Å². The molecule has 1 aromatic heterocycles. The van der Waals surface area contributed by atoms with Gasteiger partial charge in [0.1, 0.15) is 11.5 Å². The molecule has 4 N–H and O–H groups in total. The molecule has 0 saturated heterocycles. The summed E-state index contributed by atoms with van der Waals surface area (Å²) in [5.74, 6) is 0.741. The van der Waals surface area contributed by atoms with Crippen LogP contribution in [0.5, 0.6) is 5.88 Å². The van der Waals surface area contributed by atoms with Crippen molar-refractivity contribution in [3.8, 4) is 5.88 Å². The number of ether oxygens (including phenoxy) is 1. The number of nitrogens with two attached hydrogens (primary N) is 1. The molecule has 1 aromatic rings. The minimum atomic E-state index is -0.873. The fourth-order valence-electron chi connectivity index (χ4n) is 5.60. The second-order valence-electron chi connectivity index (χ2n) is 10.5. The molecular weight excluding hydrogens is 418 g/mol. The molecule has 2 amide bonds. The monoisotopic (exact) mass is 451 g/mol. The molecule has 0 aromatic carbocycles. The summed E-state index contributed by atoms with van der Waals surface area (Å²) in [4.78, 5) is 25.3. The van der Waals surface area contributed by atoms with Gasteiger partial charge in [-0.3, -0.25) is 9.59 Å². The maximum absolute atomic E-state index is 13.2. The van der Waals surface area contributed by atoms with Gasteiger partial charge in [-0.25, -0.2) is 0 Å². The third kappa shape index (κ3) is 4.44. The van der Waals surface area contributed by atoms with Crippen LogP contribution in [-0.4, -0.2) is 45.6 Å². The van der Waals surface area contributed by atoms with Crippen molar-refractivity contribution < 1.29 is 24.0 Å². The first-order valence-corrected chi connectivity index (χ1v) is 12.0. The molecule has 8 nitrogen and oxygen atoms in total. The van der Waals surface area contributed by atoms with E-state index in [1.165, 1.54) is 11.8 Å². The minimum absolute atomic E-state index is 0.0360. The van der Waals surface area contributed by atoms with Crippen molar-refractivity contribution in [1.29, 1.82) is 0 Å². The lowest BCUT2D eigenvalue weighted by molar-refractivity contribution is -0.137. The first-order valence-electron chi connectivity index (χ1n) is 11.1. The van der Waals surface area contributed by atoms with Crippen LogP contribution in [0.1, 0.15) is 70.4 Å². The smallest absolute Gasteiger partial charge is 0.291 e. The van der Waals surface area contributed by atoms with Gasteiger partial charge in [-0.15, -0.1) is 11.8 Å². The average molecular weight is 452 g/mol. The molecule has 0 aliphatic heterocycles. The molecule has 4 aliphatic carbocycles. The van der Waals surface area contributed by atoms with Crippen LogP contribution < -0.4 is 15.8 Å². The quantitative estimate of drug-likeness (QED) is 0.519. The Bertz CT molecular complexity index is 851. The van der Waals surface area contributed by atoms with Gasteiger partial charge in [0.2, 0.25) is 11.7 Å². The lowest BCUT2D eigenvalue weighted by atomic mass is 9.52. The highest BCUT2D eigenvalue weighted by Crippen LogP contribution is 2.55. The number of aliphatic hydroxyl groups is 1. The molecule has 0 radical (unpaired) electrons. The van der Waals surface area contributed by atoms with Crippen LogP contribution in [-0.2, 0) is 4.79 Å². The molecule has 5 rings (SSSR count). The molecule has 4 saturated carbocycles. The van der Waals surface area contributed by atoms with Gasteiger partial charge in [0.05, 0.1) is 11.0 Å². The molecule has 172 valence electrons. The number of nitrogens with one attached hydrogen (secondary N) is 1. The van der Waals surface area contributed by atoms with Crippen molar-refractivity contribution in [2.24, 2.45) is 28.9 Å². The highest BCUT2D eigenvalue weighted by Gasteiger charge is 2.55. The Balaban J connectivity index is 1.50. The number of primary amides is 1. The van der Waals surface area contributed by atoms with Gasteiger partial charge < -0.3 is 25.4 Å². The lowest BCUT2D eigenvalue weighted by Gasteiger charge is -2.58. The fraction of sp³-hybridized carbons (Fsp3) is 0.773. The highest BCUT2D eigenvalue weighted by molar-refractivity contribution is 8.00. The largest absolute Gasteiger partial charge is 0.474 e. The van der Waals surface area contributed by atoms with E-state index in [4.69, 9.17) is 15.0 Å². The van der Waals surface area contributed by atoms with Crippen molar-refractivity contribution in [1.82, 2.24) is 10.5 Å². The second kappa shape index (κ2) is 7.99. The average Bonchev–Trinajstić information content (AvgIpc) is 3.03. The molecule has 9 heteroatoms. The van der Waals surface area contributed by atoms with Gasteiger partial charge >= 0.3 is 0 Å². The Morgan fingerprint density at radius 1 is 1.32 bits per heavy atom. The van der Waals surface area contributed by atoms with E-state index in [9.17, 15) is 14.7 Å². The summed E-state index contributed by atoms with van der Waals surface area (Å²) in [6.07, 6.45) is 4.53. The normalized spacial score (nSPS) is 31.8. The Hall–Kier alpha value is -1.74. The van der Waals surface area contributed by atoms with Gasteiger partial charge in [-0.05, 0) is 68.9 Å². The van der Waals surface area contributed by atoms with Gasteiger partial charge in [0, 0.05) is 11.3 Å². The molecule has 0 spiro atoms. The van der Waals surface area contributed by atoms with E-state index in [0.29, 0.717) is 22.6 Å². The van der Waals surface area contributed by atoms with Crippen LogP contribution >= 0.6 is 11.8 Å². The molecule has 1 heterocycles. The zero-order chi connectivity index (χ0) is 22.6. The summed E-state index contributed by atoms with van der Waals surface area (Å²) >= 11 is 1.44. The Kier molecular flexibility index (Phi) is 5.79. The molecule has 31 heavy (non-hydrogen) atoms. The third-order valence-electron chi connectivity index (χ3n) is 6.96. The van der Waals surface area contributed by atoms with E-state index in [1.807, 2.05) is 13.8 Å². The number of aromatic nitrogens is 1. The summed E-state index contributed by atoms with van der Waals surface area (Å²) in [6, 6.07) is 0.0458. The number of carbonyl (C=O) groups is 2. The first-order chi connectivity index (χ1) is 14.5. The Labute approximate surface area is 187 Å². The number of hydrogen-bond donors (Lipinski definition) is 3. The topological polar surface area (TPSA) is 128 Å². The maximum Gasteiger partial charge on any atom is 0.291 e. The van der Waals surface area contributed by atoms with Crippen molar-refractivity contribution >= 4 is 23.6 Å². The molecular formula is C22H33N3O5S. The van der Waals surface area contributed by atoms with Crippen LogP contribution in [0.25, 0.3) is 0 Å². The highest BCUT2D eigenvalue weighted by atomic mass is 32.2. The number of thioether (sulfide) groups is 1. The van der Waals surface area contributed by atoms with Crippen molar-refractivity contribution in [3.05, 3.63) is 5.76 Å². The standard InChI is InChI=1S/C22H33N3O5S/c1-11(2)31-17-16(30-25-19(17)29-10-21(3,4)20(23)27)18(26)24-15-13-5-12-6-14(15)9-22(28,7-12)8-13/h11-15,28H,5-10H2,1-4H3,(H2,23,27)(H,24,26). The lowest BCUT2D eigenvalue weighted by Crippen LogP contribution is -2.61. The van der Waals surface area contributed by atoms with Crippen molar-refractivity contribution in [2.45, 2.75) is 81.6 Å². The van der Waals surface area contributed by atoms with Gasteiger partial charge in [0.25, 0.3) is 11.8 Å². The number of hydrogen-bond acceptors (Lipinski definition) is 7. The molecule has 2 atom stereocenters. The Morgan fingerprint density at radius 2 is 1.97 bits per heavy atom. The van der Waals surface area contributed by atoms with E-state index in [-0.39, 0.29) is 35.4 Å². The summed E-state index contributed by atoms with van der Waals surface area (Å²) < 4.78 is 11.2. The van der Waals surface area contributed by atoms with E-state index in [2.05, 4.69) is 10.5 Å². The first kappa shape index (κ1) is 22.5. The minimum Gasteiger partial charge on any atom is -0.474 e. The SMILES string of the molecule is CC(C)Sc1c(OCC(C)(C)C(N)=O)noc1C(=O)NC1C2CC3CC1CC(O)(C3)C2. The van der Waals surface area contributed by atoms with Crippen LogP contribution in [0.2, 0.25) is 0 Å². The summed E-state index contributed by atoms with van der Waals surface area (Å²) in [7, 11) is 0. The third-order valence-corrected chi connectivity index (χ3v) is 8.02. The summed E-state index contributed by atoms with van der Waals surface area (Å²) in [5.41, 5.74) is 4.01. The van der Waals surface area contributed by atoms with Gasteiger partial charge in [-0.2, -0.15) is 0 Å². The molecule has 2 unspecified atom stereocenters. The van der Waals surface area contributed by atoms with E-state index < -0.39 is 16.9 Å². The van der Waals surface area contributed by atoms with Crippen LogP contribution in [0.15, 0.2) is 9.42 Å². The number of nitrogens with zero attached hydrogens (tertiary/aromatic N) is 1. The van der Waals surface area contributed by atoms with Crippen molar-refractivity contribution in [3.63, 3.8) is 0 Å². The molecule has 4 aliphatic rings. The van der Waals surface area contributed by atoms with E-state index in [0.717, 1.165) is 32.1 Å². The zero-order valence-electron chi connectivity index (χ0n) is 18.6. The number of carbonyl (C=O) groups excluding carboxylic acids is 2. The maximum atomic E-state index is 13.2. The van der Waals surface area contributed by atoms with Crippen LogP contribution in [0.3, 0.4) is 0 Å². The number of rotatable bonds is 8. The zero-order valence-corrected chi connectivity index (χ0v) is 19.5. The van der Waals surface area contributed by atoms with Crippen LogP contribution in [0.4, 0.5) is 0 Å². The summed E-state index contributed by atoms with van der Waals surface area (Å²) in [6.45, 7) is 7.44. The van der Waals surface area contributed by atoms with Crippen molar-refractivity contribution in [2.75, 3.05) is 6.61 Å². The summed E-state index contributed by atoms with van der Waals surface area (Å²) in [5, 5.41) is 18.1. The molecule has 4 bridgehead atoms. The van der Waals surface area contributed by atoms with Gasteiger partial charge in [0.15, 0.2) is 0 Å². The van der Waals surface area contributed by atoms with Crippen LogP contribution in [0, 0.1) is 23.2 Å². The van der Waals surface area contributed by atoms with E-state index >= 15 is 0 Å². The second-order valence-corrected chi connectivity index (χ2v) is 12.1. The predicted octanol–water partition coefficient (Wildman–Crippen LogP) is 2.73. The fourth-order valence-corrected chi connectivity index (χ4v) is 6.50. The number of amides is 2. The Morgan fingerprint density at radius 3 is 2.52 bits per heavy atom. The predicted molar refractivity (Wildman–Crippen MR) is 116 cm³/mol. The van der Waals surface area contributed by atoms with Gasteiger partial charge in [-0.1, -0.05) is 13.8 Å². The molecule has 4 fully saturated rings.